The number of benzene rings is 8. The molecule has 0 saturated carbocycles. The highest BCUT2D eigenvalue weighted by atomic mass is 15.0. The molecule has 0 radical (unpaired) electrons. The number of nitrogens with zero attached hydrogens (tertiary/aromatic N) is 1. The summed E-state index contributed by atoms with van der Waals surface area (Å²) in [6, 6.07) is 70.9. The lowest BCUT2D eigenvalue weighted by molar-refractivity contribution is 0.812. The molecular formula is C48H35N. The van der Waals surface area contributed by atoms with Crippen LogP contribution in [0.1, 0.15) is 22.6 Å². The molecule has 0 aliphatic carbocycles. The summed E-state index contributed by atoms with van der Waals surface area (Å²) in [5, 5.41) is 5.13. The zero-order chi connectivity index (χ0) is 32.6. The van der Waals surface area contributed by atoms with Crippen LogP contribution in [0.5, 0.6) is 0 Å². The minimum absolute atomic E-state index is 0.249. The summed E-state index contributed by atoms with van der Waals surface area (Å²) in [5.74, 6) is 0.249. The lowest BCUT2D eigenvalue weighted by atomic mass is 9.82. The van der Waals surface area contributed by atoms with Gasteiger partial charge in [-0.2, -0.15) is 0 Å². The van der Waals surface area contributed by atoms with Crippen LogP contribution < -0.4 is 0 Å². The van der Waals surface area contributed by atoms with Crippen molar-refractivity contribution in [2.24, 2.45) is 0 Å². The Labute approximate surface area is 287 Å². The lowest BCUT2D eigenvalue weighted by Gasteiger charge is -2.22. The SMILES string of the molecule is c1ccc(CC(c2ccccc2)c2ccc(-c3cccc(-c4ccc5c(c4)c4ccccc4n5-c4ccccc4)c3)c3ccccc23)cc1. The fourth-order valence-electron chi connectivity index (χ4n) is 7.69. The third-order valence-corrected chi connectivity index (χ3v) is 10.0. The van der Waals surface area contributed by atoms with Gasteiger partial charge in [0.25, 0.3) is 0 Å². The van der Waals surface area contributed by atoms with Gasteiger partial charge < -0.3 is 4.57 Å². The van der Waals surface area contributed by atoms with Gasteiger partial charge in [0, 0.05) is 22.4 Å². The first-order valence-electron chi connectivity index (χ1n) is 17.1. The van der Waals surface area contributed by atoms with Crippen molar-refractivity contribution in [3.63, 3.8) is 0 Å². The highest BCUT2D eigenvalue weighted by Gasteiger charge is 2.19. The van der Waals surface area contributed by atoms with E-state index in [1.54, 1.807) is 0 Å². The summed E-state index contributed by atoms with van der Waals surface area (Å²) in [6.07, 6.45) is 0.951. The summed E-state index contributed by atoms with van der Waals surface area (Å²) in [6.45, 7) is 0. The van der Waals surface area contributed by atoms with Crippen LogP contribution in [0.25, 0.3) is 60.5 Å². The predicted molar refractivity (Wildman–Crippen MR) is 208 cm³/mol. The zero-order valence-corrected chi connectivity index (χ0v) is 27.2. The first-order valence-corrected chi connectivity index (χ1v) is 17.1. The molecule has 0 fully saturated rings. The largest absolute Gasteiger partial charge is 0.309 e. The normalized spacial score (nSPS) is 12.1. The van der Waals surface area contributed by atoms with Gasteiger partial charge in [-0.25, -0.2) is 0 Å². The summed E-state index contributed by atoms with van der Waals surface area (Å²) in [4.78, 5) is 0. The number of aromatic nitrogens is 1. The Morgan fingerprint density at radius 3 is 1.80 bits per heavy atom. The summed E-state index contributed by atoms with van der Waals surface area (Å²) in [5.41, 5.74) is 12.6. The molecule has 9 aromatic rings. The minimum Gasteiger partial charge on any atom is -0.309 e. The van der Waals surface area contributed by atoms with Gasteiger partial charge in [0.15, 0.2) is 0 Å². The van der Waals surface area contributed by atoms with Crippen molar-refractivity contribution >= 4 is 32.6 Å². The van der Waals surface area contributed by atoms with E-state index in [0.717, 1.165) is 6.42 Å². The van der Waals surface area contributed by atoms with Crippen molar-refractivity contribution < 1.29 is 0 Å². The molecule has 0 amide bonds. The second kappa shape index (κ2) is 12.4. The van der Waals surface area contributed by atoms with E-state index in [1.807, 2.05) is 0 Å². The molecule has 0 bridgehead atoms. The average molecular weight is 626 g/mol. The van der Waals surface area contributed by atoms with Gasteiger partial charge in [-0.15, -0.1) is 0 Å². The molecule has 0 aliphatic rings. The molecule has 0 saturated heterocycles. The maximum absolute atomic E-state index is 2.37. The molecule has 0 spiro atoms. The molecule has 0 aliphatic heterocycles. The standard InChI is InChI=1S/C48H35N/c1-4-15-34(16-5-1)31-45(35-17-6-2-7-18-35)43-29-28-40(41-23-10-11-24-42(41)43)38-20-14-19-36(32-38)37-27-30-48-46(33-37)44-25-12-13-26-47(44)49(48)39-21-8-3-9-22-39/h1-30,32-33,45H,31H2. The van der Waals surface area contributed by atoms with Crippen molar-refractivity contribution in [1.29, 1.82) is 0 Å². The van der Waals surface area contributed by atoms with Gasteiger partial charge in [-0.05, 0) is 92.5 Å². The monoisotopic (exact) mass is 625 g/mol. The van der Waals surface area contributed by atoms with Crippen LogP contribution in [-0.2, 0) is 6.42 Å². The lowest BCUT2D eigenvalue weighted by Crippen LogP contribution is -2.06. The van der Waals surface area contributed by atoms with Crippen LogP contribution in [0.3, 0.4) is 0 Å². The molecule has 1 atom stereocenters. The highest BCUT2D eigenvalue weighted by Crippen LogP contribution is 2.40. The van der Waals surface area contributed by atoms with Crippen LogP contribution in [0.2, 0.25) is 0 Å². The summed E-state index contributed by atoms with van der Waals surface area (Å²) in [7, 11) is 0. The molecule has 1 unspecified atom stereocenters. The Morgan fingerprint density at radius 1 is 0.388 bits per heavy atom. The minimum atomic E-state index is 0.249. The third kappa shape index (κ3) is 5.30. The van der Waals surface area contributed by atoms with Crippen LogP contribution in [0.15, 0.2) is 194 Å². The van der Waals surface area contributed by atoms with Crippen molar-refractivity contribution in [1.82, 2.24) is 4.57 Å². The smallest absolute Gasteiger partial charge is 0.0541 e. The number of fused-ring (bicyclic) bond motifs is 4. The van der Waals surface area contributed by atoms with E-state index in [0.29, 0.717) is 0 Å². The van der Waals surface area contributed by atoms with Crippen molar-refractivity contribution in [3.8, 4) is 27.9 Å². The Morgan fingerprint density at radius 2 is 1.00 bits per heavy atom. The van der Waals surface area contributed by atoms with Gasteiger partial charge in [0.1, 0.15) is 0 Å². The second-order valence-electron chi connectivity index (χ2n) is 12.9. The predicted octanol–water partition coefficient (Wildman–Crippen LogP) is 12.6. The summed E-state index contributed by atoms with van der Waals surface area (Å²) < 4.78 is 2.37. The van der Waals surface area contributed by atoms with E-state index in [-0.39, 0.29) is 5.92 Å². The first kappa shape index (κ1) is 29.0. The molecule has 1 heterocycles. The second-order valence-corrected chi connectivity index (χ2v) is 12.9. The van der Waals surface area contributed by atoms with Crippen LogP contribution >= 0.6 is 0 Å². The molecule has 8 aromatic carbocycles. The van der Waals surface area contributed by atoms with Crippen molar-refractivity contribution in [3.05, 3.63) is 211 Å². The third-order valence-electron chi connectivity index (χ3n) is 10.0. The van der Waals surface area contributed by atoms with Crippen LogP contribution in [0.4, 0.5) is 0 Å². The van der Waals surface area contributed by atoms with Gasteiger partial charge in [-0.3, -0.25) is 0 Å². The van der Waals surface area contributed by atoms with E-state index >= 15 is 0 Å². The fraction of sp³-hybridized carbons (Fsp3) is 0.0417. The van der Waals surface area contributed by atoms with Crippen molar-refractivity contribution in [2.45, 2.75) is 12.3 Å². The molecule has 1 nitrogen and oxygen atoms in total. The summed E-state index contributed by atoms with van der Waals surface area (Å²) >= 11 is 0. The zero-order valence-electron chi connectivity index (χ0n) is 27.2. The molecule has 0 N–H and O–H groups in total. The van der Waals surface area contributed by atoms with E-state index in [9.17, 15) is 0 Å². The van der Waals surface area contributed by atoms with Crippen LogP contribution in [-0.4, -0.2) is 4.57 Å². The van der Waals surface area contributed by atoms with Gasteiger partial charge in [0.05, 0.1) is 11.0 Å². The van der Waals surface area contributed by atoms with Crippen LogP contribution in [0, 0.1) is 0 Å². The highest BCUT2D eigenvalue weighted by molar-refractivity contribution is 6.10. The fourth-order valence-corrected chi connectivity index (χ4v) is 7.69. The Hall–Kier alpha value is -6.18. The number of hydrogen-bond acceptors (Lipinski definition) is 0. The van der Waals surface area contributed by atoms with E-state index < -0.39 is 0 Å². The quantitative estimate of drug-likeness (QED) is 0.166. The van der Waals surface area contributed by atoms with Gasteiger partial charge >= 0.3 is 0 Å². The van der Waals surface area contributed by atoms with E-state index in [2.05, 4.69) is 199 Å². The average Bonchev–Trinajstić information content (AvgIpc) is 3.51. The van der Waals surface area contributed by atoms with E-state index in [1.165, 1.54) is 77.2 Å². The molecule has 1 heteroatoms. The van der Waals surface area contributed by atoms with Crippen molar-refractivity contribution in [2.75, 3.05) is 0 Å². The molecular weight excluding hydrogens is 591 g/mol. The molecule has 9 rings (SSSR count). The van der Waals surface area contributed by atoms with E-state index in [4.69, 9.17) is 0 Å². The topological polar surface area (TPSA) is 4.93 Å². The van der Waals surface area contributed by atoms with Gasteiger partial charge in [-0.1, -0.05) is 158 Å². The Bertz CT molecular complexity index is 2560. The molecule has 49 heavy (non-hydrogen) atoms. The van der Waals surface area contributed by atoms with Gasteiger partial charge in [0.2, 0.25) is 0 Å². The maximum Gasteiger partial charge on any atom is 0.0541 e. The maximum atomic E-state index is 2.37. The molecule has 232 valence electrons. The molecule has 1 aromatic heterocycles. The Kier molecular flexibility index (Phi) is 7.37. The number of rotatable bonds is 7. The first-order chi connectivity index (χ1) is 24.3. The Balaban J connectivity index is 1.15. The number of para-hydroxylation sites is 2. The number of hydrogen-bond donors (Lipinski definition) is 0.